The number of piperidine rings is 1. The molecule has 3 aliphatic heterocycles. The molecule has 5 heterocycles. The van der Waals surface area contributed by atoms with Crippen LogP contribution in [0.4, 0.5) is 34.5 Å². The van der Waals surface area contributed by atoms with Crippen LogP contribution in [0.3, 0.4) is 0 Å². The summed E-state index contributed by atoms with van der Waals surface area (Å²) in [5.41, 5.74) is 7.48. The first kappa shape index (κ1) is 55.1. The number of piperazine rings is 1. The molecular formula is C53H69ClN12O7S2. The molecule has 8 rings (SSSR count). The monoisotopic (exact) mass is 1080 g/mol. The highest BCUT2D eigenvalue weighted by atomic mass is 35.5. The number of carbonyl (C=O) groups is 3. The number of sulfonamides is 1. The molecule has 0 radical (unpaired) electrons. The quantitative estimate of drug-likeness (QED) is 0.0596. The smallest absolute Gasteiger partial charge is 0.245 e. The normalized spacial score (nSPS) is 18.2. The Morgan fingerprint density at radius 2 is 1.67 bits per heavy atom. The Labute approximate surface area is 449 Å². The number of β-amino-alcohol motifs (C(OH)–C–C–N with tert-alkyl or cyclic N) is 1. The van der Waals surface area contributed by atoms with Gasteiger partial charge in [-0.1, -0.05) is 61.8 Å². The van der Waals surface area contributed by atoms with Crippen LogP contribution >= 0.6 is 22.9 Å². The van der Waals surface area contributed by atoms with Crippen molar-refractivity contribution in [2.24, 2.45) is 11.8 Å². The standard InChI is InChI=1S/C53H69ClN12O7S2/c1-34(2)49(52(70)66-31-41(67)25-40(66)27-47(68)55-28-36-11-13-38(14-12-36)50-35(3)57-33-74-50)60-48(69)32-63-19-17-37(18-20-63)30-64-21-23-65(24-22-64)39-15-16-44(46(26-39)73-5)59-53-56-29-42(54)51(61-53)58-43-9-7-8-10-45(43)62(4)75(6,71)72/h7-16,26,29,33-34,37,40-41,49,67H,17-25,27-28,30-32H2,1-6H3,(H,55,68)(H,60,69)(H2,56,58,59,61)/t40-,41-,49+/m1/s1. The second-order valence-corrected chi connectivity index (χ2v) is 23.3. The van der Waals surface area contributed by atoms with Gasteiger partial charge in [-0.15, -0.1) is 11.3 Å². The third kappa shape index (κ3) is 14.2. The van der Waals surface area contributed by atoms with Crippen LogP contribution in [-0.2, 0) is 31.0 Å². The minimum atomic E-state index is -3.52. The topological polar surface area (TPSA) is 218 Å². The van der Waals surface area contributed by atoms with Crippen LogP contribution in [-0.4, -0.2) is 158 Å². The highest BCUT2D eigenvalue weighted by molar-refractivity contribution is 7.92. The Bertz CT molecular complexity index is 2890. The Morgan fingerprint density at radius 3 is 2.35 bits per heavy atom. The number of para-hydroxylation sites is 2. The molecule has 0 aliphatic carbocycles. The molecule has 0 saturated carbocycles. The van der Waals surface area contributed by atoms with E-state index in [4.69, 9.17) is 16.3 Å². The zero-order valence-corrected chi connectivity index (χ0v) is 45.8. The number of carbonyl (C=O) groups excluding carboxylic acids is 3. The molecule has 3 saturated heterocycles. The summed E-state index contributed by atoms with van der Waals surface area (Å²) in [6.07, 6.45) is 4.17. The lowest BCUT2D eigenvalue weighted by atomic mass is 9.95. The molecule has 3 fully saturated rings. The van der Waals surface area contributed by atoms with Gasteiger partial charge in [0.25, 0.3) is 0 Å². The van der Waals surface area contributed by atoms with E-state index in [1.807, 2.05) is 68.7 Å². The van der Waals surface area contributed by atoms with E-state index in [0.717, 1.165) is 92.3 Å². The van der Waals surface area contributed by atoms with Crippen LogP contribution in [0, 0.1) is 18.8 Å². The molecule has 75 heavy (non-hydrogen) atoms. The van der Waals surface area contributed by atoms with Gasteiger partial charge >= 0.3 is 0 Å². The fourth-order valence-electron chi connectivity index (χ4n) is 9.97. The van der Waals surface area contributed by atoms with Crippen LogP contribution in [0.25, 0.3) is 10.4 Å². The van der Waals surface area contributed by atoms with Crippen molar-refractivity contribution >= 4 is 85.2 Å². The summed E-state index contributed by atoms with van der Waals surface area (Å²) in [5, 5.41) is 23.3. The van der Waals surface area contributed by atoms with Crippen molar-refractivity contribution in [2.75, 3.05) is 99.2 Å². The Morgan fingerprint density at radius 1 is 0.933 bits per heavy atom. The number of nitrogens with zero attached hydrogens (tertiary/aromatic N) is 8. The van der Waals surface area contributed by atoms with E-state index in [0.29, 0.717) is 47.5 Å². The molecule has 0 spiro atoms. The zero-order chi connectivity index (χ0) is 53.4. The SMILES string of the molecule is COc1cc(N2CCN(CC3CCN(CC(=O)N[C@H](C(=O)N4C[C@H](O)C[C@@H]4CC(=O)NCc4ccc(-c5scnc5C)cc4)C(C)C)CC3)CC2)ccc1Nc1ncc(Cl)c(Nc2ccccc2N(C)S(C)(=O)=O)n1. The Balaban J connectivity index is 0.762. The van der Waals surface area contributed by atoms with E-state index in [2.05, 4.69) is 50.9 Å². The van der Waals surface area contributed by atoms with Crippen molar-refractivity contribution in [3.63, 3.8) is 0 Å². The molecule has 5 N–H and O–H groups in total. The number of benzene rings is 3. The fraction of sp³-hybridized carbons (Fsp3) is 0.472. The number of halogens is 1. The number of likely N-dealkylation sites (tertiary alicyclic amines) is 2. The van der Waals surface area contributed by atoms with Crippen molar-refractivity contribution < 1.29 is 32.6 Å². The van der Waals surface area contributed by atoms with Gasteiger partial charge in [0.1, 0.15) is 16.8 Å². The number of anilines is 6. The average molecular weight is 1090 g/mol. The molecule has 0 bridgehead atoms. The molecule has 3 aromatic carbocycles. The van der Waals surface area contributed by atoms with Crippen molar-refractivity contribution in [2.45, 2.75) is 71.2 Å². The van der Waals surface area contributed by atoms with E-state index in [-0.39, 0.29) is 54.1 Å². The maximum atomic E-state index is 14.0. The summed E-state index contributed by atoms with van der Waals surface area (Å²) < 4.78 is 31.6. The van der Waals surface area contributed by atoms with E-state index >= 15 is 0 Å². The number of aryl methyl sites for hydroxylation is 1. The second-order valence-electron chi connectivity index (χ2n) is 20.0. The number of hydrogen-bond acceptors (Lipinski definition) is 16. The van der Waals surface area contributed by atoms with Gasteiger partial charge in [0.2, 0.25) is 33.7 Å². The maximum absolute atomic E-state index is 14.0. The highest BCUT2D eigenvalue weighted by Gasteiger charge is 2.40. The van der Waals surface area contributed by atoms with Gasteiger partial charge < -0.3 is 40.9 Å². The summed E-state index contributed by atoms with van der Waals surface area (Å²) in [6, 6.07) is 19.7. The lowest BCUT2D eigenvalue weighted by Crippen LogP contribution is -2.55. The average Bonchev–Trinajstić information content (AvgIpc) is 4.00. The number of methoxy groups -OCH3 is 1. The molecule has 5 aromatic rings. The molecule has 22 heteroatoms. The van der Waals surface area contributed by atoms with Crippen LogP contribution in [0.1, 0.15) is 50.8 Å². The minimum Gasteiger partial charge on any atom is -0.494 e. The fourth-order valence-corrected chi connectivity index (χ4v) is 11.4. The largest absolute Gasteiger partial charge is 0.494 e. The molecule has 3 atom stereocenters. The summed E-state index contributed by atoms with van der Waals surface area (Å²) >= 11 is 8.08. The number of ether oxygens (including phenoxy) is 1. The van der Waals surface area contributed by atoms with Gasteiger partial charge in [0.15, 0.2) is 5.82 Å². The third-order valence-electron chi connectivity index (χ3n) is 14.3. The van der Waals surface area contributed by atoms with Crippen molar-refractivity contribution in [3.8, 4) is 16.2 Å². The van der Waals surface area contributed by atoms with E-state index in [1.165, 1.54) is 17.5 Å². The summed E-state index contributed by atoms with van der Waals surface area (Å²) in [6.45, 7) is 12.6. The molecule has 0 unspecified atom stereocenters. The Hall–Kier alpha value is -6.10. The van der Waals surface area contributed by atoms with Gasteiger partial charge in [-0.3, -0.25) is 28.5 Å². The van der Waals surface area contributed by atoms with Crippen molar-refractivity contribution in [1.82, 2.24) is 40.3 Å². The summed E-state index contributed by atoms with van der Waals surface area (Å²) in [4.78, 5) is 63.7. The third-order valence-corrected chi connectivity index (χ3v) is 16.7. The first-order chi connectivity index (χ1) is 35.9. The summed E-state index contributed by atoms with van der Waals surface area (Å²) in [5.74, 6) is 0.808. The van der Waals surface area contributed by atoms with Gasteiger partial charge in [-0.05, 0) is 86.5 Å². The number of rotatable bonds is 20. The predicted octanol–water partition coefficient (Wildman–Crippen LogP) is 6.10. The summed E-state index contributed by atoms with van der Waals surface area (Å²) in [7, 11) is -0.422. The van der Waals surface area contributed by atoms with Crippen molar-refractivity contribution in [1.29, 1.82) is 0 Å². The lowest BCUT2D eigenvalue weighted by Gasteiger charge is -2.39. The predicted molar refractivity (Wildman–Crippen MR) is 296 cm³/mol. The number of aromatic nitrogens is 3. The van der Waals surface area contributed by atoms with Crippen LogP contribution in [0.5, 0.6) is 5.75 Å². The first-order valence-electron chi connectivity index (χ1n) is 25.4. The molecule has 3 aliphatic rings. The zero-order valence-electron chi connectivity index (χ0n) is 43.5. The number of thiazole rings is 1. The minimum absolute atomic E-state index is 0.0614. The van der Waals surface area contributed by atoms with E-state index < -0.39 is 28.2 Å². The van der Waals surface area contributed by atoms with Crippen LogP contribution in [0.15, 0.2) is 78.4 Å². The van der Waals surface area contributed by atoms with E-state index in [9.17, 15) is 27.9 Å². The van der Waals surface area contributed by atoms with Crippen LogP contribution in [0.2, 0.25) is 5.02 Å². The highest BCUT2D eigenvalue weighted by Crippen LogP contribution is 2.35. The Kier molecular flexibility index (Phi) is 18.2. The molecular weight excluding hydrogens is 1020 g/mol. The van der Waals surface area contributed by atoms with E-state index in [1.54, 1.807) is 47.6 Å². The van der Waals surface area contributed by atoms with Gasteiger partial charge in [0.05, 0.1) is 65.4 Å². The molecule has 402 valence electrons. The van der Waals surface area contributed by atoms with Gasteiger partial charge in [0, 0.05) is 77.1 Å². The van der Waals surface area contributed by atoms with Gasteiger partial charge in [-0.25, -0.2) is 18.4 Å². The number of nitrogens with one attached hydrogen (secondary N) is 4. The molecule has 19 nitrogen and oxygen atoms in total. The molecule has 2 aromatic heterocycles. The number of hydrogen-bond donors (Lipinski definition) is 5. The van der Waals surface area contributed by atoms with Crippen LogP contribution < -0.4 is 35.2 Å². The number of aliphatic hydroxyl groups excluding tert-OH is 1. The maximum Gasteiger partial charge on any atom is 0.245 e. The molecule has 3 amide bonds. The lowest BCUT2D eigenvalue weighted by molar-refractivity contribution is -0.139. The van der Waals surface area contributed by atoms with Crippen molar-refractivity contribution in [3.05, 3.63) is 94.7 Å². The van der Waals surface area contributed by atoms with Gasteiger partial charge in [-0.2, -0.15) is 4.98 Å². The number of amides is 3. The first-order valence-corrected chi connectivity index (χ1v) is 28.5. The second kappa shape index (κ2) is 24.7. The number of aliphatic hydroxyl groups is 1.